The molecule has 0 spiro atoms. The first-order valence-corrected chi connectivity index (χ1v) is 5.73. The van der Waals surface area contributed by atoms with E-state index >= 15 is 0 Å². The van der Waals surface area contributed by atoms with Crippen LogP contribution in [0.5, 0.6) is 0 Å². The number of para-hydroxylation sites is 1. The second-order valence-electron chi connectivity index (χ2n) is 4.02. The first-order valence-electron chi connectivity index (χ1n) is 5.73. The second-order valence-corrected chi connectivity index (χ2v) is 4.02. The molecule has 0 aromatic heterocycles. The Hall–Kier alpha value is -1.02. The van der Waals surface area contributed by atoms with Gasteiger partial charge in [-0.15, -0.1) is 0 Å². The number of nitrogens with one attached hydrogen (secondary N) is 1. The quantitative estimate of drug-likeness (QED) is 0.673. The predicted molar refractivity (Wildman–Crippen MR) is 81.7 cm³/mol. The van der Waals surface area contributed by atoms with Crippen molar-refractivity contribution in [3.63, 3.8) is 0 Å². The van der Waals surface area contributed by atoms with Crippen molar-refractivity contribution in [3.05, 3.63) is 72.8 Å². The SMILES string of the molecule is [Ca+2].[H-].[H-].c1ccc(Nc2cccc3ccccc23)cc1. The van der Waals surface area contributed by atoms with Gasteiger partial charge in [0, 0.05) is 16.8 Å². The third-order valence-corrected chi connectivity index (χ3v) is 2.84. The van der Waals surface area contributed by atoms with E-state index in [0.717, 1.165) is 11.4 Å². The Kier molecular flexibility index (Phi) is 4.65. The summed E-state index contributed by atoms with van der Waals surface area (Å²) in [6.45, 7) is 0. The fourth-order valence-corrected chi connectivity index (χ4v) is 2.01. The van der Waals surface area contributed by atoms with Crippen molar-refractivity contribution in [2.75, 3.05) is 5.32 Å². The van der Waals surface area contributed by atoms with Crippen LogP contribution in [-0.2, 0) is 0 Å². The summed E-state index contributed by atoms with van der Waals surface area (Å²) in [7, 11) is 0. The third-order valence-electron chi connectivity index (χ3n) is 2.84. The zero-order chi connectivity index (χ0) is 11.5. The fraction of sp³-hybridized carbons (Fsp3) is 0. The maximum absolute atomic E-state index is 3.45. The number of fused-ring (bicyclic) bond motifs is 1. The van der Waals surface area contributed by atoms with Crippen LogP contribution in [0.25, 0.3) is 10.8 Å². The smallest absolute Gasteiger partial charge is 1.00 e. The first kappa shape index (κ1) is 13.4. The van der Waals surface area contributed by atoms with Crippen LogP contribution >= 0.6 is 0 Å². The molecule has 1 nitrogen and oxygen atoms in total. The summed E-state index contributed by atoms with van der Waals surface area (Å²) in [5, 5.41) is 5.95. The number of hydrogen-bond acceptors (Lipinski definition) is 1. The van der Waals surface area contributed by atoms with Gasteiger partial charge in [-0.3, -0.25) is 0 Å². The van der Waals surface area contributed by atoms with Gasteiger partial charge in [-0.1, -0.05) is 54.6 Å². The Morgan fingerprint density at radius 2 is 1.33 bits per heavy atom. The molecule has 0 aliphatic rings. The normalized spacial score (nSPS) is 9.78. The maximum atomic E-state index is 3.45. The zero-order valence-electron chi connectivity index (χ0n) is 12.1. The minimum Gasteiger partial charge on any atom is -1.00 e. The summed E-state index contributed by atoms with van der Waals surface area (Å²) in [6.07, 6.45) is 0. The fourth-order valence-electron chi connectivity index (χ4n) is 2.01. The minimum absolute atomic E-state index is 0. The van der Waals surface area contributed by atoms with E-state index in [1.54, 1.807) is 0 Å². The molecule has 0 heterocycles. The Morgan fingerprint density at radius 3 is 2.17 bits per heavy atom. The Morgan fingerprint density at radius 1 is 0.667 bits per heavy atom. The average molecular weight is 261 g/mol. The van der Waals surface area contributed by atoms with Crippen molar-refractivity contribution in [1.29, 1.82) is 0 Å². The van der Waals surface area contributed by atoms with Gasteiger partial charge >= 0.3 is 37.7 Å². The molecule has 0 saturated heterocycles. The molecule has 86 valence electrons. The largest absolute Gasteiger partial charge is 2.00 e. The van der Waals surface area contributed by atoms with Gasteiger partial charge in [-0.05, 0) is 23.6 Å². The molecule has 0 unspecified atom stereocenters. The van der Waals surface area contributed by atoms with Crippen molar-refractivity contribution in [2.24, 2.45) is 0 Å². The van der Waals surface area contributed by atoms with Crippen molar-refractivity contribution < 1.29 is 2.85 Å². The van der Waals surface area contributed by atoms with Crippen LogP contribution in [-0.4, -0.2) is 37.7 Å². The summed E-state index contributed by atoms with van der Waals surface area (Å²) in [5.41, 5.74) is 2.26. The molecule has 0 amide bonds. The molecule has 3 rings (SSSR count). The molecule has 0 fully saturated rings. The number of anilines is 2. The van der Waals surface area contributed by atoms with Gasteiger partial charge in [0.25, 0.3) is 0 Å². The average Bonchev–Trinajstić information content (AvgIpc) is 2.40. The van der Waals surface area contributed by atoms with Crippen LogP contribution in [0.1, 0.15) is 2.85 Å². The van der Waals surface area contributed by atoms with Crippen molar-refractivity contribution >= 4 is 59.9 Å². The third kappa shape index (κ3) is 2.86. The predicted octanol–water partition coefficient (Wildman–Crippen LogP) is 4.43. The molecule has 0 bridgehead atoms. The van der Waals surface area contributed by atoms with Gasteiger partial charge in [0.15, 0.2) is 0 Å². The van der Waals surface area contributed by atoms with E-state index in [-0.39, 0.29) is 40.6 Å². The van der Waals surface area contributed by atoms with E-state index in [4.69, 9.17) is 0 Å². The van der Waals surface area contributed by atoms with Gasteiger partial charge in [0.2, 0.25) is 0 Å². The molecular formula is C16H15CaN. The van der Waals surface area contributed by atoms with Crippen LogP contribution in [0, 0.1) is 0 Å². The van der Waals surface area contributed by atoms with Gasteiger partial charge in [0.05, 0.1) is 0 Å². The monoisotopic (exact) mass is 261 g/mol. The summed E-state index contributed by atoms with van der Waals surface area (Å²) >= 11 is 0. The summed E-state index contributed by atoms with van der Waals surface area (Å²) in [4.78, 5) is 0. The van der Waals surface area contributed by atoms with Gasteiger partial charge in [-0.2, -0.15) is 0 Å². The molecule has 2 heteroatoms. The van der Waals surface area contributed by atoms with Crippen molar-refractivity contribution in [2.45, 2.75) is 0 Å². The van der Waals surface area contributed by atoms with Gasteiger partial charge < -0.3 is 8.17 Å². The number of benzene rings is 3. The van der Waals surface area contributed by atoms with Crippen LogP contribution in [0.2, 0.25) is 0 Å². The maximum Gasteiger partial charge on any atom is 2.00 e. The van der Waals surface area contributed by atoms with Gasteiger partial charge in [0.1, 0.15) is 0 Å². The van der Waals surface area contributed by atoms with E-state index in [2.05, 4.69) is 59.9 Å². The van der Waals surface area contributed by atoms with Gasteiger partial charge in [-0.25, -0.2) is 0 Å². The zero-order valence-corrected chi connectivity index (χ0v) is 12.3. The molecule has 0 aliphatic carbocycles. The summed E-state index contributed by atoms with van der Waals surface area (Å²) in [5.74, 6) is 0. The molecule has 18 heavy (non-hydrogen) atoms. The molecule has 0 atom stereocenters. The van der Waals surface area contributed by atoms with Crippen molar-refractivity contribution in [1.82, 2.24) is 0 Å². The first-order chi connectivity index (χ1) is 8.43. The summed E-state index contributed by atoms with van der Waals surface area (Å²) in [6, 6.07) is 25.0. The standard InChI is InChI=1S/C16H13N.Ca.2H/c1-2-9-14(10-3-1)17-16-12-6-8-13-7-4-5-11-15(13)16;;;/h1-12,17H;;;/q;+2;2*-1. The molecule has 0 radical (unpaired) electrons. The Labute approximate surface area is 140 Å². The Balaban J connectivity index is 0.00000120. The van der Waals surface area contributed by atoms with E-state index in [1.807, 2.05) is 18.2 Å². The summed E-state index contributed by atoms with van der Waals surface area (Å²) < 4.78 is 0. The molecule has 3 aromatic carbocycles. The van der Waals surface area contributed by atoms with Crippen LogP contribution < -0.4 is 5.32 Å². The van der Waals surface area contributed by atoms with Crippen LogP contribution in [0.4, 0.5) is 11.4 Å². The molecule has 0 saturated carbocycles. The van der Waals surface area contributed by atoms with E-state index < -0.39 is 0 Å². The Bertz CT molecular complexity index is 639. The number of rotatable bonds is 2. The van der Waals surface area contributed by atoms with Crippen LogP contribution in [0.15, 0.2) is 72.8 Å². The second kappa shape index (κ2) is 6.24. The van der Waals surface area contributed by atoms with E-state index in [1.165, 1.54) is 10.8 Å². The van der Waals surface area contributed by atoms with E-state index in [9.17, 15) is 0 Å². The minimum atomic E-state index is 0. The molecule has 1 N–H and O–H groups in total. The number of hydrogen-bond donors (Lipinski definition) is 1. The van der Waals surface area contributed by atoms with E-state index in [0.29, 0.717) is 0 Å². The van der Waals surface area contributed by atoms with Crippen LogP contribution in [0.3, 0.4) is 0 Å². The molecule has 0 aliphatic heterocycles. The molecule has 3 aromatic rings. The molecular weight excluding hydrogens is 246 g/mol. The topological polar surface area (TPSA) is 12.0 Å². The van der Waals surface area contributed by atoms with Crippen molar-refractivity contribution in [3.8, 4) is 0 Å².